The Kier molecular flexibility index (Phi) is 52.7. The van der Waals surface area contributed by atoms with Crippen LogP contribution < -0.4 is 0 Å². The van der Waals surface area contributed by atoms with Crippen molar-refractivity contribution in [2.24, 2.45) is 0 Å². The second-order valence-corrected chi connectivity index (χ2v) is 19.6. The number of hydrogen-bond acceptors (Lipinski definition) is 6. The quantitative estimate of drug-likeness (QED) is 0.0262. The third kappa shape index (κ3) is 52.7. The van der Waals surface area contributed by atoms with Gasteiger partial charge in [0, 0.05) is 19.3 Å². The molecule has 1 unspecified atom stereocenters. The van der Waals surface area contributed by atoms with Crippen LogP contribution in [0.2, 0.25) is 0 Å². The number of esters is 3. The SMILES string of the molecule is CCCCCCC/C=C\C/C=C\CCCCCCCCCCCCCCCCCCCC(=O)OCC(COC(=O)CCCCCCC)OC(=O)CCCCCCCCCCCCCCC. The normalized spacial score (nSPS) is 12.1. The Hall–Kier alpha value is -2.11. The molecule has 0 aromatic carbocycles. The van der Waals surface area contributed by atoms with Gasteiger partial charge in [0.25, 0.3) is 0 Å². The fraction of sp³-hybridized carbons (Fsp3) is 0.881. The van der Waals surface area contributed by atoms with Gasteiger partial charge >= 0.3 is 17.9 Å². The molecule has 0 bridgehead atoms. The molecule has 0 fully saturated rings. The molecule has 0 radical (unpaired) electrons. The summed E-state index contributed by atoms with van der Waals surface area (Å²) in [4.78, 5) is 37.7. The molecule has 0 aliphatic carbocycles. The van der Waals surface area contributed by atoms with Crippen molar-refractivity contribution in [2.75, 3.05) is 13.2 Å². The summed E-state index contributed by atoms with van der Waals surface area (Å²) >= 11 is 0. The molecule has 0 heterocycles. The minimum atomic E-state index is -0.761. The van der Waals surface area contributed by atoms with Gasteiger partial charge in [-0.25, -0.2) is 0 Å². The van der Waals surface area contributed by atoms with E-state index in [2.05, 4.69) is 45.1 Å². The fourth-order valence-electron chi connectivity index (χ4n) is 8.59. The van der Waals surface area contributed by atoms with E-state index in [1.54, 1.807) is 0 Å². The van der Waals surface area contributed by atoms with Crippen LogP contribution in [0.25, 0.3) is 0 Å². The highest BCUT2D eigenvalue weighted by Gasteiger charge is 2.19. The van der Waals surface area contributed by atoms with E-state index in [0.29, 0.717) is 19.3 Å². The summed E-state index contributed by atoms with van der Waals surface area (Å²) in [7, 11) is 0. The molecule has 6 heteroatoms. The van der Waals surface area contributed by atoms with E-state index in [-0.39, 0.29) is 31.1 Å². The van der Waals surface area contributed by atoms with E-state index in [0.717, 1.165) is 70.6 Å². The molecular formula is C59H110O6. The number of unbranched alkanes of at least 4 members (excludes halogenated alkanes) is 38. The molecule has 0 saturated heterocycles. The van der Waals surface area contributed by atoms with Crippen molar-refractivity contribution in [1.82, 2.24) is 0 Å². The smallest absolute Gasteiger partial charge is 0.306 e. The molecule has 6 nitrogen and oxygen atoms in total. The number of rotatable bonds is 53. The van der Waals surface area contributed by atoms with E-state index in [9.17, 15) is 14.4 Å². The Bertz CT molecular complexity index is 1050. The summed E-state index contributed by atoms with van der Waals surface area (Å²) in [5.41, 5.74) is 0. The number of allylic oxidation sites excluding steroid dienone is 4. The Morgan fingerprint density at radius 2 is 0.554 bits per heavy atom. The van der Waals surface area contributed by atoms with E-state index < -0.39 is 6.10 Å². The summed E-state index contributed by atoms with van der Waals surface area (Å²) in [6.07, 6.45) is 63.7. The molecular weight excluding hydrogens is 805 g/mol. The van der Waals surface area contributed by atoms with Gasteiger partial charge in [0.1, 0.15) is 13.2 Å². The van der Waals surface area contributed by atoms with Crippen LogP contribution in [0.1, 0.15) is 316 Å². The van der Waals surface area contributed by atoms with E-state index in [1.165, 1.54) is 205 Å². The van der Waals surface area contributed by atoms with Crippen molar-refractivity contribution in [3.8, 4) is 0 Å². The summed E-state index contributed by atoms with van der Waals surface area (Å²) in [5.74, 6) is -0.864. The first kappa shape index (κ1) is 62.9. The Balaban J connectivity index is 3.93. The number of carbonyl (C=O) groups excluding carboxylic acids is 3. The van der Waals surface area contributed by atoms with Crippen LogP contribution in [0.4, 0.5) is 0 Å². The Morgan fingerprint density at radius 1 is 0.308 bits per heavy atom. The third-order valence-electron chi connectivity index (χ3n) is 13.0. The first-order valence-corrected chi connectivity index (χ1v) is 28.8. The minimum absolute atomic E-state index is 0.0662. The third-order valence-corrected chi connectivity index (χ3v) is 13.0. The maximum absolute atomic E-state index is 12.7. The van der Waals surface area contributed by atoms with Gasteiger partial charge in [-0.15, -0.1) is 0 Å². The topological polar surface area (TPSA) is 78.9 Å². The lowest BCUT2D eigenvalue weighted by Gasteiger charge is -2.18. The highest BCUT2D eigenvalue weighted by molar-refractivity contribution is 5.71. The molecule has 0 aromatic heterocycles. The monoisotopic (exact) mass is 915 g/mol. The molecule has 0 aromatic rings. The summed E-state index contributed by atoms with van der Waals surface area (Å²) < 4.78 is 16.7. The van der Waals surface area contributed by atoms with Crippen LogP contribution in [0.3, 0.4) is 0 Å². The number of carbonyl (C=O) groups is 3. The van der Waals surface area contributed by atoms with Gasteiger partial charge in [-0.2, -0.15) is 0 Å². The summed E-state index contributed by atoms with van der Waals surface area (Å²) in [5, 5.41) is 0. The fourth-order valence-corrected chi connectivity index (χ4v) is 8.59. The van der Waals surface area contributed by atoms with E-state index >= 15 is 0 Å². The molecule has 65 heavy (non-hydrogen) atoms. The predicted octanol–water partition coefficient (Wildman–Crippen LogP) is 19.1. The second kappa shape index (κ2) is 54.5. The van der Waals surface area contributed by atoms with Gasteiger partial charge in [-0.3, -0.25) is 14.4 Å². The molecule has 0 aliphatic rings. The average Bonchev–Trinajstić information content (AvgIpc) is 3.30. The summed E-state index contributed by atoms with van der Waals surface area (Å²) in [6, 6.07) is 0. The van der Waals surface area contributed by atoms with Crippen LogP contribution in [0.15, 0.2) is 24.3 Å². The molecule has 0 aliphatic heterocycles. The molecule has 0 amide bonds. The van der Waals surface area contributed by atoms with Crippen molar-refractivity contribution >= 4 is 17.9 Å². The minimum Gasteiger partial charge on any atom is -0.462 e. The zero-order valence-corrected chi connectivity index (χ0v) is 43.8. The van der Waals surface area contributed by atoms with Crippen molar-refractivity contribution < 1.29 is 28.6 Å². The van der Waals surface area contributed by atoms with Gasteiger partial charge in [0.15, 0.2) is 6.10 Å². The van der Waals surface area contributed by atoms with E-state index in [1.807, 2.05) is 0 Å². The first-order valence-electron chi connectivity index (χ1n) is 28.8. The molecule has 1 atom stereocenters. The van der Waals surface area contributed by atoms with Gasteiger partial charge < -0.3 is 14.2 Å². The van der Waals surface area contributed by atoms with Gasteiger partial charge in [-0.05, 0) is 51.4 Å². The maximum Gasteiger partial charge on any atom is 0.306 e. The zero-order valence-electron chi connectivity index (χ0n) is 43.8. The van der Waals surface area contributed by atoms with Gasteiger partial charge in [0.05, 0.1) is 0 Å². The predicted molar refractivity (Wildman–Crippen MR) is 279 cm³/mol. The average molecular weight is 916 g/mol. The van der Waals surface area contributed by atoms with Gasteiger partial charge in [0.2, 0.25) is 0 Å². The largest absolute Gasteiger partial charge is 0.462 e. The molecule has 0 saturated carbocycles. The van der Waals surface area contributed by atoms with Crippen LogP contribution in [-0.2, 0) is 28.6 Å². The number of hydrogen-bond donors (Lipinski definition) is 0. The highest BCUT2D eigenvalue weighted by Crippen LogP contribution is 2.17. The Labute approximate surface area is 404 Å². The summed E-state index contributed by atoms with van der Waals surface area (Å²) in [6.45, 7) is 6.58. The lowest BCUT2D eigenvalue weighted by Crippen LogP contribution is -2.30. The maximum atomic E-state index is 12.7. The van der Waals surface area contributed by atoms with Crippen LogP contribution >= 0.6 is 0 Å². The van der Waals surface area contributed by atoms with Crippen molar-refractivity contribution in [2.45, 2.75) is 322 Å². The zero-order chi connectivity index (χ0) is 47.2. The van der Waals surface area contributed by atoms with Crippen molar-refractivity contribution in [3.05, 3.63) is 24.3 Å². The van der Waals surface area contributed by atoms with Crippen molar-refractivity contribution in [3.63, 3.8) is 0 Å². The lowest BCUT2D eigenvalue weighted by molar-refractivity contribution is -0.167. The van der Waals surface area contributed by atoms with E-state index in [4.69, 9.17) is 14.2 Å². The van der Waals surface area contributed by atoms with Crippen LogP contribution in [0.5, 0.6) is 0 Å². The highest BCUT2D eigenvalue weighted by atomic mass is 16.6. The second-order valence-electron chi connectivity index (χ2n) is 19.6. The Morgan fingerprint density at radius 3 is 0.846 bits per heavy atom. The van der Waals surface area contributed by atoms with Crippen molar-refractivity contribution in [1.29, 1.82) is 0 Å². The molecule has 382 valence electrons. The van der Waals surface area contributed by atoms with Gasteiger partial charge in [-0.1, -0.05) is 270 Å². The molecule has 0 spiro atoms. The van der Waals surface area contributed by atoms with Crippen LogP contribution in [-0.4, -0.2) is 37.2 Å². The molecule has 0 rings (SSSR count). The van der Waals surface area contributed by atoms with Crippen LogP contribution in [0, 0.1) is 0 Å². The molecule has 0 N–H and O–H groups in total. The number of ether oxygens (including phenoxy) is 3. The first-order chi connectivity index (χ1) is 32.0. The lowest BCUT2D eigenvalue weighted by atomic mass is 10.0. The standard InChI is InChI=1S/C59H110O6/c1-4-7-10-13-15-17-19-21-22-23-24-25-26-27-28-29-30-31-32-33-34-35-36-38-39-41-43-46-49-52-58(61)64-55-56(54-63-57(60)51-48-45-12-9-6-3)65-59(62)53-50-47-44-42-40-37-20-18-16-14-11-8-5-2/h19,21,23-24,56H,4-18,20,22,25-55H2,1-3H3/b21-19-,24-23-.